The van der Waals surface area contributed by atoms with Crippen LogP contribution >= 0.6 is 0 Å². The summed E-state index contributed by atoms with van der Waals surface area (Å²) in [6, 6.07) is 4.42. The molecule has 100 valence electrons. The van der Waals surface area contributed by atoms with Gasteiger partial charge in [0.2, 0.25) is 0 Å². The minimum Gasteiger partial charge on any atom is -0.490 e. The van der Waals surface area contributed by atoms with E-state index in [1.807, 2.05) is 13.8 Å². The van der Waals surface area contributed by atoms with Crippen molar-refractivity contribution < 1.29 is 13.9 Å². The first-order valence-electron chi connectivity index (χ1n) is 6.18. The molecule has 2 N–H and O–H groups in total. The highest BCUT2D eigenvalue weighted by Gasteiger charge is 2.31. The summed E-state index contributed by atoms with van der Waals surface area (Å²) in [7, 11) is 1.68. The molecule has 0 spiro atoms. The maximum atomic E-state index is 13.2. The van der Waals surface area contributed by atoms with E-state index in [1.54, 1.807) is 13.2 Å². The Balaban J connectivity index is 2.17. The van der Waals surface area contributed by atoms with Gasteiger partial charge in [-0.25, -0.2) is 4.39 Å². The molecule has 1 heterocycles. The lowest BCUT2D eigenvalue weighted by Crippen LogP contribution is -2.36. The Kier molecular flexibility index (Phi) is 3.59. The van der Waals surface area contributed by atoms with Crippen LogP contribution in [0.15, 0.2) is 18.2 Å². The molecule has 0 aliphatic carbocycles. The van der Waals surface area contributed by atoms with E-state index >= 15 is 0 Å². The van der Waals surface area contributed by atoms with Gasteiger partial charge in [-0.1, -0.05) is 6.07 Å². The van der Waals surface area contributed by atoms with Crippen molar-refractivity contribution in [3.05, 3.63) is 29.6 Å². The van der Waals surface area contributed by atoms with Crippen LogP contribution in [0, 0.1) is 5.82 Å². The molecule has 0 amide bonds. The van der Waals surface area contributed by atoms with Gasteiger partial charge in [-0.05, 0) is 19.9 Å². The van der Waals surface area contributed by atoms with Gasteiger partial charge in [0.1, 0.15) is 17.7 Å². The summed E-state index contributed by atoms with van der Waals surface area (Å²) in [5.74, 6) is 0.262. The van der Waals surface area contributed by atoms with Crippen LogP contribution in [0.4, 0.5) is 4.39 Å². The number of nitrogens with two attached hydrogens (primary N) is 1. The number of hydrogen-bond donors (Lipinski definition) is 1. The van der Waals surface area contributed by atoms with Crippen LogP contribution in [0.5, 0.6) is 5.75 Å². The summed E-state index contributed by atoms with van der Waals surface area (Å²) >= 11 is 0. The van der Waals surface area contributed by atoms with Gasteiger partial charge in [-0.3, -0.25) is 0 Å². The van der Waals surface area contributed by atoms with E-state index < -0.39 is 0 Å². The van der Waals surface area contributed by atoms with Crippen LogP contribution < -0.4 is 10.5 Å². The standard InChI is InChI=1S/C14H20FNO2/c1-14(2,17-3)8-10-7-12(16)11-5-4-9(15)6-13(11)18-10/h4-6,10,12H,7-8,16H2,1-3H3/t10?,12-/m1/s1. The fourth-order valence-electron chi connectivity index (χ4n) is 2.31. The van der Waals surface area contributed by atoms with Gasteiger partial charge in [0.25, 0.3) is 0 Å². The van der Waals surface area contributed by atoms with Crippen molar-refractivity contribution in [2.45, 2.75) is 44.4 Å². The third-order valence-electron chi connectivity index (χ3n) is 3.46. The molecule has 3 nitrogen and oxygen atoms in total. The van der Waals surface area contributed by atoms with Crippen LogP contribution in [-0.2, 0) is 4.74 Å². The third kappa shape index (κ3) is 2.82. The second-order valence-corrected chi connectivity index (χ2v) is 5.43. The first kappa shape index (κ1) is 13.3. The second-order valence-electron chi connectivity index (χ2n) is 5.43. The zero-order valence-electron chi connectivity index (χ0n) is 11.1. The molecule has 0 radical (unpaired) electrons. The molecule has 18 heavy (non-hydrogen) atoms. The highest BCUT2D eigenvalue weighted by atomic mass is 19.1. The van der Waals surface area contributed by atoms with E-state index in [1.165, 1.54) is 12.1 Å². The average molecular weight is 253 g/mol. The Hall–Kier alpha value is -1.13. The zero-order chi connectivity index (χ0) is 13.3. The van der Waals surface area contributed by atoms with Crippen LogP contribution in [-0.4, -0.2) is 18.8 Å². The highest BCUT2D eigenvalue weighted by Crippen LogP contribution is 2.36. The van der Waals surface area contributed by atoms with Gasteiger partial charge in [-0.15, -0.1) is 0 Å². The Morgan fingerprint density at radius 1 is 1.50 bits per heavy atom. The molecule has 0 bridgehead atoms. The molecule has 1 aliphatic heterocycles. The normalized spacial score (nSPS) is 23.4. The third-order valence-corrected chi connectivity index (χ3v) is 3.46. The predicted molar refractivity (Wildman–Crippen MR) is 68.1 cm³/mol. The first-order chi connectivity index (χ1) is 8.41. The molecule has 2 atom stereocenters. The van der Waals surface area contributed by atoms with Crippen molar-refractivity contribution in [3.63, 3.8) is 0 Å². The number of methoxy groups -OCH3 is 1. The molecule has 0 fully saturated rings. The summed E-state index contributed by atoms with van der Waals surface area (Å²) < 4.78 is 24.4. The van der Waals surface area contributed by atoms with Gasteiger partial charge < -0.3 is 15.2 Å². The number of ether oxygens (including phenoxy) is 2. The van der Waals surface area contributed by atoms with Crippen molar-refractivity contribution >= 4 is 0 Å². The fourth-order valence-corrected chi connectivity index (χ4v) is 2.31. The van der Waals surface area contributed by atoms with Crippen molar-refractivity contribution in [1.29, 1.82) is 0 Å². The number of fused-ring (bicyclic) bond motifs is 1. The summed E-state index contributed by atoms with van der Waals surface area (Å²) in [4.78, 5) is 0. The smallest absolute Gasteiger partial charge is 0.127 e. The van der Waals surface area contributed by atoms with Gasteiger partial charge >= 0.3 is 0 Å². The number of rotatable bonds is 3. The Bertz CT molecular complexity index is 434. The Morgan fingerprint density at radius 2 is 2.22 bits per heavy atom. The molecular formula is C14H20FNO2. The Morgan fingerprint density at radius 3 is 2.89 bits per heavy atom. The summed E-state index contributed by atoms with van der Waals surface area (Å²) in [6.45, 7) is 4.01. The van der Waals surface area contributed by atoms with Crippen molar-refractivity contribution in [2.75, 3.05) is 7.11 Å². The molecule has 0 saturated heterocycles. The van der Waals surface area contributed by atoms with E-state index in [9.17, 15) is 4.39 Å². The number of benzene rings is 1. The van der Waals surface area contributed by atoms with E-state index in [0.717, 1.165) is 18.4 Å². The molecule has 0 saturated carbocycles. The van der Waals surface area contributed by atoms with Gasteiger partial charge in [0, 0.05) is 37.6 Å². The van der Waals surface area contributed by atoms with Crippen LogP contribution in [0.25, 0.3) is 0 Å². The summed E-state index contributed by atoms with van der Waals surface area (Å²) in [6.07, 6.45) is 1.42. The number of halogens is 1. The molecule has 1 aromatic carbocycles. The fraction of sp³-hybridized carbons (Fsp3) is 0.571. The summed E-state index contributed by atoms with van der Waals surface area (Å²) in [5, 5.41) is 0. The summed E-state index contributed by atoms with van der Waals surface area (Å²) in [5.41, 5.74) is 6.71. The van der Waals surface area contributed by atoms with E-state index in [0.29, 0.717) is 5.75 Å². The van der Waals surface area contributed by atoms with Crippen LogP contribution in [0.3, 0.4) is 0 Å². The van der Waals surface area contributed by atoms with Crippen molar-refractivity contribution in [3.8, 4) is 5.75 Å². The topological polar surface area (TPSA) is 44.5 Å². The second kappa shape index (κ2) is 4.86. The monoisotopic (exact) mass is 253 g/mol. The quantitative estimate of drug-likeness (QED) is 0.900. The molecule has 2 rings (SSSR count). The minimum absolute atomic E-state index is 0.0377. The largest absolute Gasteiger partial charge is 0.490 e. The van der Waals surface area contributed by atoms with Crippen molar-refractivity contribution in [1.82, 2.24) is 0 Å². The lowest BCUT2D eigenvalue weighted by Gasteiger charge is -2.34. The zero-order valence-corrected chi connectivity index (χ0v) is 11.1. The van der Waals surface area contributed by atoms with E-state index in [2.05, 4.69) is 0 Å². The van der Waals surface area contributed by atoms with Gasteiger partial charge in [0.15, 0.2) is 0 Å². The highest BCUT2D eigenvalue weighted by molar-refractivity contribution is 5.38. The molecule has 1 unspecified atom stereocenters. The van der Waals surface area contributed by atoms with E-state index in [4.69, 9.17) is 15.2 Å². The minimum atomic E-state index is -0.299. The van der Waals surface area contributed by atoms with Crippen molar-refractivity contribution in [2.24, 2.45) is 5.73 Å². The first-order valence-corrected chi connectivity index (χ1v) is 6.18. The maximum Gasteiger partial charge on any atom is 0.127 e. The van der Waals surface area contributed by atoms with Crippen LogP contribution in [0.2, 0.25) is 0 Å². The van der Waals surface area contributed by atoms with Crippen LogP contribution in [0.1, 0.15) is 38.3 Å². The molecule has 0 aromatic heterocycles. The lowest BCUT2D eigenvalue weighted by atomic mass is 9.91. The number of hydrogen-bond acceptors (Lipinski definition) is 3. The van der Waals surface area contributed by atoms with Gasteiger partial charge in [-0.2, -0.15) is 0 Å². The predicted octanol–water partition coefficient (Wildman–Crippen LogP) is 2.79. The molecule has 4 heteroatoms. The molecule has 1 aliphatic rings. The maximum absolute atomic E-state index is 13.2. The molecule has 1 aromatic rings. The van der Waals surface area contributed by atoms with E-state index in [-0.39, 0.29) is 23.6 Å². The Labute approximate surface area is 107 Å². The lowest BCUT2D eigenvalue weighted by molar-refractivity contribution is -0.0195. The molecular weight excluding hydrogens is 233 g/mol. The average Bonchev–Trinajstić information content (AvgIpc) is 2.27. The SMILES string of the molecule is COC(C)(C)CC1C[C@@H](N)c2ccc(F)cc2O1. The van der Waals surface area contributed by atoms with Gasteiger partial charge in [0.05, 0.1) is 5.60 Å².